The van der Waals surface area contributed by atoms with Crippen molar-refractivity contribution in [2.75, 3.05) is 43.4 Å². The summed E-state index contributed by atoms with van der Waals surface area (Å²) >= 11 is 0. The quantitative estimate of drug-likeness (QED) is 0.0183. The van der Waals surface area contributed by atoms with Gasteiger partial charge in [0.25, 0.3) is 11.5 Å². The van der Waals surface area contributed by atoms with E-state index in [0.29, 0.717) is 28.2 Å². The Labute approximate surface area is 414 Å². The van der Waals surface area contributed by atoms with Crippen LogP contribution in [0.5, 0.6) is 5.75 Å². The number of amides is 1. The predicted molar refractivity (Wildman–Crippen MR) is 278 cm³/mol. The maximum Gasteiger partial charge on any atom is 0.336 e. The minimum atomic E-state index is -1.85. The van der Waals surface area contributed by atoms with Crippen molar-refractivity contribution in [1.82, 2.24) is 14.9 Å². The Kier molecular flexibility index (Phi) is 20.0. The number of hydrogen-bond donors (Lipinski definition) is 7. The number of aliphatic hydroxyl groups is 2. The van der Waals surface area contributed by atoms with Crippen molar-refractivity contribution >= 4 is 75.3 Å². The number of aryl methyl sites for hydroxylation is 1. The standard InChI is InChI=1S/C47H60N5O11PS4/c1-10-48-34-20-36-32(17-26(34)3)38(33-18-27(4)35(49-11-2)21-37(33)63-36)30-15-14-28(19-31(30)43(57)58)40(54)50-23-47(8,9)68-65-24-61-16-12-13-29-22-52(45(59)51-41(29)55)42(56)39(53)44(64-60)62-25-66-67-46(5,6)7/h14-15,17-22,32,38-39,42,44,49,53,56,60,64H,10-11,16,23-25H2,1-9H3,(H,50,54)(H,57,58)(H,51,55,59). The zero-order valence-electron chi connectivity index (χ0n) is 39.4. The molecule has 0 saturated carbocycles. The van der Waals surface area contributed by atoms with Crippen molar-refractivity contribution in [3.63, 3.8) is 0 Å². The summed E-state index contributed by atoms with van der Waals surface area (Å²) in [5, 5.41) is 38.4. The van der Waals surface area contributed by atoms with Crippen molar-refractivity contribution in [3.05, 3.63) is 114 Å². The number of aromatic amines is 1. The Balaban J connectivity index is 1.18. The minimum Gasteiger partial charge on any atom is -0.478 e. The SMILES string of the molecule is CCN=C1C=C2Oc3cc(NCC)c(C)cc3C(c3ccc(C(=O)NCC(C)(C)SSCOCC#Cc4cn(C(O)C(O)C(OCSSC(C)(C)C)PO)c(=O)[nH]c4=O)cc3C(=O)O)C2C=C1C. The van der Waals surface area contributed by atoms with Crippen molar-refractivity contribution in [3.8, 4) is 17.6 Å². The number of aromatic carboxylic acids is 1. The summed E-state index contributed by atoms with van der Waals surface area (Å²) in [7, 11) is 4.85. The number of carbonyl (C=O) groups excluding carboxylic acids is 1. The molecule has 68 heavy (non-hydrogen) atoms. The summed E-state index contributed by atoms with van der Waals surface area (Å²) in [6.07, 6.45) is 1.50. The number of aromatic nitrogens is 2. The molecule has 3 aromatic rings. The number of H-pyrrole nitrogens is 1. The van der Waals surface area contributed by atoms with E-state index in [1.165, 1.54) is 38.4 Å². The number of carboxylic acid groups (broad SMARTS) is 1. The molecule has 0 bridgehead atoms. The van der Waals surface area contributed by atoms with Crippen LogP contribution in [0.4, 0.5) is 5.69 Å². The highest BCUT2D eigenvalue weighted by Crippen LogP contribution is 2.50. The van der Waals surface area contributed by atoms with Crippen LogP contribution in [-0.4, -0.2) is 107 Å². The van der Waals surface area contributed by atoms with E-state index in [0.717, 1.165) is 40.8 Å². The maximum atomic E-state index is 13.6. The van der Waals surface area contributed by atoms with Gasteiger partial charge >= 0.3 is 11.7 Å². The highest BCUT2D eigenvalue weighted by molar-refractivity contribution is 8.77. The van der Waals surface area contributed by atoms with Gasteiger partial charge in [0.15, 0.2) is 6.23 Å². The molecule has 6 unspecified atom stereocenters. The number of nitrogens with one attached hydrogen (secondary N) is 3. The normalized spacial score (nSPS) is 17.8. The number of ether oxygens (including phenoxy) is 3. The Morgan fingerprint density at radius 1 is 1.04 bits per heavy atom. The molecule has 2 aliphatic rings. The molecule has 1 aliphatic carbocycles. The van der Waals surface area contributed by atoms with Crippen LogP contribution < -0.4 is 26.6 Å². The number of hydrogen-bond acceptors (Lipinski definition) is 16. The fourth-order valence-electron chi connectivity index (χ4n) is 7.21. The van der Waals surface area contributed by atoms with Crippen LogP contribution in [0.15, 0.2) is 74.6 Å². The van der Waals surface area contributed by atoms with Gasteiger partial charge in [0, 0.05) is 84.9 Å². The van der Waals surface area contributed by atoms with E-state index in [1.54, 1.807) is 22.9 Å². The molecule has 0 saturated heterocycles. The van der Waals surface area contributed by atoms with Gasteiger partial charge in [0.1, 0.15) is 47.5 Å². The van der Waals surface area contributed by atoms with Gasteiger partial charge in [-0.2, -0.15) is 0 Å². The molecule has 1 amide bonds. The van der Waals surface area contributed by atoms with Gasteiger partial charge in [-0.3, -0.25) is 24.1 Å². The third-order valence-corrected chi connectivity index (χ3v) is 17.1. The summed E-state index contributed by atoms with van der Waals surface area (Å²) in [5.41, 5.74) is 3.41. The van der Waals surface area contributed by atoms with Crippen molar-refractivity contribution in [2.24, 2.45) is 10.9 Å². The van der Waals surface area contributed by atoms with Crippen LogP contribution in [0, 0.1) is 24.7 Å². The largest absolute Gasteiger partial charge is 0.478 e. The Bertz CT molecular complexity index is 2600. The second-order valence-corrected chi connectivity index (χ2v) is 24.2. The second-order valence-electron chi connectivity index (χ2n) is 17.4. The number of allylic oxidation sites excluding steroid dienone is 3. The number of aliphatic hydroxyl groups excluding tert-OH is 2. The van der Waals surface area contributed by atoms with Crippen molar-refractivity contribution in [2.45, 2.75) is 95.9 Å². The van der Waals surface area contributed by atoms with E-state index in [-0.39, 0.29) is 52.4 Å². The molecule has 2 aromatic carbocycles. The van der Waals surface area contributed by atoms with Gasteiger partial charge in [-0.05, 0) is 76.4 Å². The first kappa shape index (κ1) is 54.9. The molecule has 0 spiro atoms. The number of benzene rings is 2. The lowest BCUT2D eigenvalue weighted by Gasteiger charge is -2.37. The smallest absolute Gasteiger partial charge is 0.336 e. The highest BCUT2D eigenvalue weighted by atomic mass is 33.1. The molecular formula is C47H60N5O11PS4. The summed E-state index contributed by atoms with van der Waals surface area (Å²) in [5.74, 6) is 3.45. The average molecular weight is 1030 g/mol. The van der Waals surface area contributed by atoms with Gasteiger partial charge in [-0.15, -0.1) is 0 Å². The maximum absolute atomic E-state index is 13.6. The van der Waals surface area contributed by atoms with E-state index in [2.05, 4.69) is 38.5 Å². The van der Waals surface area contributed by atoms with Crippen LogP contribution in [-0.2, 0) is 9.47 Å². The third-order valence-electron chi connectivity index (χ3n) is 10.4. The summed E-state index contributed by atoms with van der Waals surface area (Å²) in [4.78, 5) is 68.1. The van der Waals surface area contributed by atoms with E-state index in [9.17, 15) is 39.4 Å². The van der Waals surface area contributed by atoms with Crippen LogP contribution >= 0.6 is 52.0 Å². The average Bonchev–Trinajstić information content (AvgIpc) is 3.28. The number of anilines is 1. The molecule has 0 radical (unpaired) electrons. The minimum absolute atomic E-state index is 0.0208. The van der Waals surface area contributed by atoms with Crippen LogP contribution in [0.1, 0.15) is 111 Å². The number of fused-ring (bicyclic) bond motifs is 2. The van der Waals surface area contributed by atoms with Gasteiger partial charge in [0.2, 0.25) is 0 Å². The number of rotatable bonds is 21. The van der Waals surface area contributed by atoms with Gasteiger partial charge in [-0.25, -0.2) is 9.59 Å². The first-order chi connectivity index (χ1) is 32.2. The van der Waals surface area contributed by atoms with Gasteiger partial charge in [-0.1, -0.05) is 87.9 Å². The molecule has 21 heteroatoms. The van der Waals surface area contributed by atoms with Crippen LogP contribution in [0.3, 0.4) is 0 Å². The number of aliphatic imine (C=N–C) groups is 1. The van der Waals surface area contributed by atoms with E-state index < -0.39 is 60.8 Å². The lowest BCUT2D eigenvalue weighted by molar-refractivity contribution is -0.0808. The van der Waals surface area contributed by atoms with Gasteiger partial charge < -0.3 is 45.1 Å². The molecule has 6 atom stereocenters. The monoisotopic (exact) mass is 1030 g/mol. The zero-order valence-corrected chi connectivity index (χ0v) is 43.7. The predicted octanol–water partition coefficient (Wildman–Crippen LogP) is 7.25. The van der Waals surface area contributed by atoms with Gasteiger partial charge in [0.05, 0.1) is 11.3 Å². The Morgan fingerprint density at radius 3 is 2.46 bits per heavy atom. The molecule has 5 rings (SSSR count). The van der Waals surface area contributed by atoms with Crippen molar-refractivity contribution < 1.29 is 44.0 Å². The molecule has 7 N–H and O–H groups in total. The molecule has 1 aromatic heterocycles. The third kappa shape index (κ3) is 14.5. The molecule has 368 valence electrons. The molecule has 0 fully saturated rings. The molecule has 16 nitrogen and oxygen atoms in total. The van der Waals surface area contributed by atoms with E-state index in [1.807, 2.05) is 80.5 Å². The lowest BCUT2D eigenvalue weighted by atomic mass is 9.73. The summed E-state index contributed by atoms with van der Waals surface area (Å²) in [6.45, 7) is 19.4. The first-order valence-electron chi connectivity index (χ1n) is 21.8. The summed E-state index contributed by atoms with van der Waals surface area (Å²) in [6, 6.07) is 8.84. The van der Waals surface area contributed by atoms with Crippen LogP contribution in [0.25, 0.3) is 0 Å². The van der Waals surface area contributed by atoms with Crippen molar-refractivity contribution in [1.29, 1.82) is 0 Å². The number of carbonyl (C=O) groups is 2. The Hall–Kier alpha value is -4.00. The van der Waals surface area contributed by atoms with Crippen LogP contribution in [0.2, 0.25) is 0 Å². The fraction of sp³-hybridized carbons (Fsp3) is 0.468. The van der Waals surface area contributed by atoms with E-state index in [4.69, 9.17) is 14.2 Å². The lowest BCUT2D eigenvalue weighted by Crippen LogP contribution is -2.41. The summed E-state index contributed by atoms with van der Waals surface area (Å²) < 4.78 is 17.9. The van der Waals surface area contributed by atoms with E-state index >= 15 is 0 Å². The molecule has 2 heterocycles. The number of nitrogens with zero attached hydrogens (tertiary/aromatic N) is 2. The fourth-order valence-corrected chi connectivity index (χ4v) is 11.9. The zero-order chi connectivity index (χ0) is 49.9. The highest BCUT2D eigenvalue weighted by Gasteiger charge is 2.40. The molecule has 1 aliphatic heterocycles. The second kappa shape index (κ2) is 24.7. The Morgan fingerprint density at radius 2 is 1.78 bits per heavy atom. The topological polar surface area (TPSA) is 234 Å². The number of carboxylic acids is 1. The molecular weight excluding hydrogens is 970 g/mol. The first-order valence-corrected chi connectivity index (χ1v) is 27.4.